The number of carboxylic acid groups (broad SMARTS) is 1. The average molecular weight is 291 g/mol. The lowest BCUT2D eigenvalue weighted by atomic mass is 9.93. The zero-order valence-electron chi connectivity index (χ0n) is 12.1. The normalized spacial score (nSPS) is 22.3. The van der Waals surface area contributed by atoms with Gasteiger partial charge in [0.05, 0.1) is 0 Å². The van der Waals surface area contributed by atoms with Crippen molar-refractivity contribution >= 4 is 11.8 Å². The van der Waals surface area contributed by atoms with Gasteiger partial charge in [0.2, 0.25) is 0 Å². The van der Waals surface area contributed by atoms with Crippen molar-refractivity contribution in [2.75, 3.05) is 18.0 Å². The van der Waals surface area contributed by atoms with Gasteiger partial charge in [-0.3, -0.25) is 9.59 Å². The lowest BCUT2D eigenvalue weighted by Crippen LogP contribution is -2.40. The van der Waals surface area contributed by atoms with E-state index >= 15 is 0 Å². The first-order valence-electron chi connectivity index (χ1n) is 7.69. The van der Waals surface area contributed by atoms with Crippen LogP contribution in [0.2, 0.25) is 0 Å². The van der Waals surface area contributed by atoms with Crippen molar-refractivity contribution in [3.05, 3.63) is 22.7 Å². The second kappa shape index (κ2) is 5.87. The minimum atomic E-state index is -0.749. The van der Waals surface area contributed by atoms with E-state index in [0.717, 1.165) is 38.8 Å². The number of nitrogens with zero attached hydrogens (tertiary/aromatic N) is 3. The largest absolute Gasteiger partial charge is 0.481 e. The van der Waals surface area contributed by atoms with Gasteiger partial charge in [0, 0.05) is 37.9 Å². The molecule has 2 fully saturated rings. The van der Waals surface area contributed by atoms with Crippen LogP contribution in [-0.4, -0.2) is 33.7 Å². The van der Waals surface area contributed by atoms with Gasteiger partial charge >= 0.3 is 5.97 Å². The highest BCUT2D eigenvalue weighted by atomic mass is 16.4. The van der Waals surface area contributed by atoms with Crippen molar-refractivity contribution in [1.29, 1.82) is 0 Å². The maximum Gasteiger partial charge on any atom is 0.303 e. The predicted octanol–water partition coefficient (Wildman–Crippen LogP) is 1.66. The second-order valence-corrected chi connectivity index (χ2v) is 6.08. The molecule has 1 aliphatic heterocycles. The summed E-state index contributed by atoms with van der Waals surface area (Å²) < 4.78 is 1.79. The third-order valence-electron chi connectivity index (χ3n) is 4.38. The number of aliphatic carboxylic acids is 1. The summed E-state index contributed by atoms with van der Waals surface area (Å²) in [6.07, 6.45) is 8.53. The molecule has 1 atom stereocenters. The SMILES string of the molecule is O=C(O)CCC1CCCN(c2nccn(C3CC3)c2=O)C1. The van der Waals surface area contributed by atoms with Gasteiger partial charge in [0.25, 0.3) is 5.56 Å². The molecule has 3 rings (SSSR count). The number of rotatable bonds is 5. The standard InChI is InChI=1S/C15H21N3O3/c19-13(20)6-3-11-2-1-8-17(10-11)14-15(21)18(9-7-16-14)12-4-5-12/h7,9,11-12H,1-6,8,10H2,(H,19,20). The Kier molecular flexibility index (Phi) is 3.94. The minimum Gasteiger partial charge on any atom is -0.481 e. The van der Waals surface area contributed by atoms with E-state index in [1.807, 2.05) is 4.90 Å². The van der Waals surface area contributed by atoms with Gasteiger partial charge in [-0.15, -0.1) is 0 Å². The van der Waals surface area contributed by atoms with Crippen molar-refractivity contribution in [3.8, 4) is 0 Å². The molecule has 1 saturated carbocycles. The highest BCUT2D eigenvalue weighted by Crippen LogP contribution is 2.33. The van der Waals surface area contributed by atoms with E-state index in [9.17, 15) is 9.59 Å². The van der Waals surface area contributed by atoms with Crippen molar-refractivity contribution in [1.82, 2.24) is 9.55 Å². The predicted molar refractivity (Wildman–Crippen MR) is 78.6 cm³/mol. The van der Waals surface area contributed by atoms with Crippen LogP contribution in [0.1, 0.15) is 44.6 Å². The number of piperidine rings is 1. The maximum atomic E-state index is 12.5. The highest BCUT2D eigenvalue weighted by molar-refractivity contribution is 5.66. The van der Waals surface area contributed by atoms with Crippen LogP contribution in [0.5, 0.6) is 0 Å². The van der Waals surface area contributed by atoms with Gasteiger partial charge in [0.1, 0.15) is 0 Å². The minimum absolute atomic E-state index is 0.00103. The van der Waals surface area contributed by atoms with Crippen LogP contribution in [-0.2, 0) is 4.79 Å². The summed E-state index contributed by atoms with van der Waals surface area (Å²) >= 11 is 0. The van der Waals surface area contributed by atoms with Gasteiger partial charge in [-0.2, -0.15) is 0 Å². The quantitative estimate of drug-likeness (QED) is 0.893. The fourth-order valence-corrected chi connectivity index (χ4v) is 3.09. The van der Waals surface area contributed by atoms with Crippen LogP contribution in [0.3, 0.4) is 0 Å². The molecule has 0 spiro atoms. The molecule has 6 nitrogen and oxygen atoms in total. The Morgan fingerprint density at radius 3 is 2.90 bits per heavy atom. The van der Waals surface area contributed by atoms with E-state index < -0.39 is 5.97 Å². The van der Waals surface area contributed by atoms with Crippen LogP contribution in [0.4, 0.5) is 5.82 Å². The summed E-state index contributed by atoms with van der Waals surface area (Å²) in [5.41, 5.74) is -0.00103. The Bertz CT molecular complexity index is 580. The van der Waals surface area contributed by atoms with E-state index in [-0.39, 0.29) is 12.0 Å². The van der Waals surface area contributed by atoms with Crippen molar-refractivity contribution in [3.63, 3.8) is 0 Å². The molecule has 1 saturated heterocycles. The molecule has 6 heteroatoms. The Labute approximate surface area is 123 Å². The highest BCUT2D eigenvalue weighted by Gasteiger charge is 2.28. The molecule has 0 aromatic carbocycles. The molecule has 0 radical (unpaired) electrons. The molecule has 1 N–H and O–H groups in total. The summed E-state index contributed by atoms with van der Waals surface area (Å²) in [4.78, 5) is 29.5. The van der Waals surface area contributed by atoms with E-state index in [0.29, 0.717) is 24.2 Å². The smallest absolute Gasteiger partial charge is 0.303 e. The molecule has 2 aliphatic rings. The van der Waals surface area contributed by atoms with E-state index in [4.69, 9.17) is 5.11 Å². The summed E-state index contributed by atoms with van der Waals surface area (Å²) in [6, 6.07) is 0.354. The van der Waals surface area contributed by atoms with Crippen LogP contribution in [0.15, 0.2) is 17.2 Å². The van der Waals surface area contributed by atoms with E-state index in [1.54, 1.807) is 17.0 Å². The number of anilines is 1. The maximum absolute atomic E-state index is 12.5. The Balaban J connectivity index is 1.72. The van der Waals surface area contributed by atoms with Gasteiger partial charge < -0.3 is 14.6 Å². The molecule has 1 unspecified atom stereocenters. The van der Waals surface area contributed by atoms with E-state index in [1.165, 1.54) is 0 Å². The fourth-order valence-electron chi connectivity index (χ4n) is 3.09. The van der Waals surface area contributed by atoms with Gasteiger partial charge in [-0.1, -0.05) is 0 Å². The van der Waals surface area contributed by atoms with Crippen LogP contribution >= 0.6 is 0 Å². The Morgan fingerprint density at radius 2 is 2.19 bits per heavy atom. The summed E-state index contributed by atoms with van der Waals surface area (Å²) in [6.45, 7) is 1.57. The van der Waals surface area contributed by atoms with Crippen molar-refractivity contribution < 1.29 is 9.90 Å². The average Bonchev–Trinajstić information content (AvgIpc) is 3.30. The third-order valence-corrected chi connectivity index (χ3v) is 4.38. The second-order valence-electron chi connectivity index (χ2n) is 6.08. The van der Waals surface area contributed by atoms with Gasteiger partial charge in [-0.05, 0) is 38.0 Å². The van der Waals surface area contributed by atoms with Gasteiger partial charge in [-0.25, -0.2) is 4.98 Å². The zero-order chi connectivity index (χ0) is 14.8. The van der Waals surface area contributed by atoms with Gasteiger partial charge in [0.15, 0.2) is 5.82 Å². The molecular weight excluding hydrogens is 270 g/mol. The molecule has 1 aromatic rings. The summed E-state index contributed by atoms with van der Waals surface area (Å²) in [5.74, 6) is 0.121. The third kappa shape index (κ3) is 3.25. The van der Waals surface area contributed by atoms with Crippen molar-refractivity contribution in [2.24, 2.45) is 5.92 Å². The molecule has 1 aliphatic carbocycles. The number of aromatic nitrogens is 2. The first-order valence-corrected chi connectivity index (χ1v) is 7.69. The number of hydrogen-bond donors (Lipinski definition) is 1. The molecular formula is C15H21N3O3. The Hall–Kier alpha value is -1.85. The monoisotopic (exact) mass is 291 g/mol. The molecule has 1 aromatic heterocycles. The zero-order valence-corrected chi connectivity index (χ0v) is 12.1. The van der Waals surface area contributed by atoms with Crippen LogP contribution in [0, 0.1) is 5.92 Å². The molecule has 2 heterocycles. The molecule has 114 valence electrons. The fraction of sp³-hybridized carbons (Fsp3) is 0.667. The van der Waals surface area contributed by atoms with E-state index in [2.05, 4.69) is 4.98 Å². The van der Waals surface area contributed by atoms with Crippen molar-refractivity contribution in [2.45, 2.75) is 44.6 Å². The number of carbonyl (C=O) groups is 1. The van der Waals surface area contributed by atoms with Crippen LogP contribution in [0.25, 0.3) is 0 Å². The lowest BCUT2D eigenvalue weighted by molar-refractivity contribution is -0.137. The summed E-state index contributed by atoms with van der Waals surface area (Å²) in [5, 5.41) is 8.80. The molecule has 0 bridgehead atoms. The van der Waals surface area contributed by atoms with Crippen LogP contribution < -0.4 is 10.5 Å². The Morgan fingerprint density at radius 1 is 1.38 bits per heavy atom. The number of hydrogen-bond acceptors (Lipinski definition) is 4. The first-order chi connectivity index (χ1) is 10.1. The number of carboxylic acids is 1. The first kappa shape index (κ1) is 14.1. The molecule has 0 amide bonds. The topological polar surface area (TPSA) is 75.4 Å². The molecule has 21 heavy (non-hydrogen) atoms. The lowest BCUT2D eigenvalue weighted by Gasteiger charge is -2.33. The summed E-state index contributed by atoms with van der Waals surface area (Å²) in [7, 11) is 0.